The molecular formula is C30H34ClN3O4. The van der Waals surface area contributed by atoms with Crippen LogP contribution in [-0.2, 0) is 16.0 Å². The van der Waals surface area contributed by atoms with Gasteiger partial charge in [-0.25, -0.2) is 9.78 Å². The Labute approximate surface area is 228 Å². The monoisotopic (exact) mass is 535 g/mol. The lowest BCUT2D eigenvalue weighted by molar-refractivity contribution is -0.117. The molecule has 2 aromatic carbocycles. The number of likely N-dealkylation sites (tertiary alicyclic amines) is 1. The smallest absolute Gasteiger partial charge is 0.410 e. The van der Waals surface area contributed by atoms with Gasteiger partial charge < -0.3 is 19.4 Å². The lowest BCUT2D eigenvalue weighted by Gasteiger charge is -2.26. The van der Waals surface area contributed by atoms with Crippen LogP contribution in [0.5, 0.6) is 0 Å². The van der Waals surface area contributed by atoms with E-state index in [1.807, 2.05) is 83.1 Å². The third kappa shape index (κ3) is 7.25. The lowest BCUT2D eigenvalue weighted by atomic mass is 10.1. The Morgan fingerprint density at radius 2 is 1.95 bits per heavy atom. The third-order valence-electron chi connectivity index (χ3n) is 6.25. The van der Waals surface area contributed by atoms with Gasteiger partial charge in [0.05, 0.1) is 0 Å². The molecule has 4 rings (SSSR count). The number of nitrogens with one attached hydrogen (secondary N) is 1. The van der Waals surface area contributed by atoms with Crippen LogP contribution in [-0.4, -0.2) is 46.1 Å². The van der Waals surface area contributed by atoms with E-state index in [1.165, 1.54) is 6.08 Å². The number of rotatable bonds is 6. The molecule has 38 heavy (non-hydrogen) atoms. The van der Waals surface area contributed by atoms with Crippen LogP contribution in [0.2, 0.25) is 5.02 Å². The molecule has 1 N–H and O–H groups in total. The second-order valence-corrected chi connectivity index (χ2v) is 11.1. The van der Waals surface area contributed by atoms with Gasteiger partial charge in [-0.1, -0.05) is 48.0 Å². The van der Waals surface area contributed by atoms with Crippen molar-refractivity contribution in [2.24, 2.45) is 0 Å². The van der Waals surface area contributed by atoms with E-state index in [9.17, 15) is 9.59 Å². The summed E-state index contributed by atoms with van der Waals surface area (Å²) < 4.78 is 11.4. The fourth-order valence-corrected chi connectivity index (χ4v) is 4.71. The van der Waals surface area contributed by atoms with E-state index in [2.05, 4.69) is 10.3 Å². The van der Waals surface area contributed by atoms with E-state index in [0.29, 0.717) is 30.3 Å². The number of amides is 2. The normalized spacial score (nSPS) is 17.7. The van der Waals surface area contributed by atoms with Crippen LogP contribution in [0.25, 0.3) is 17.3 Å². The summed E-state index contributed by atoms with van der Waals surface area (Å²) in [6.45, 7) is 9.82. The molecule has 2 heterocycles. The van der Waals surface area contributed by atoms with Crippen molar-refractivity contribution < 1.29 is 18.7 Å². The Kier molecular flexibility index (Phi) is 8.26. The molecule has 0 spiro atoms. The topological polar surface area (TPSA) is 84.7 Å². The highest BCUT2D eigenvalue weighted by atomic mass is 35.5. The van der Waals surface area contributed by atoms with Crippen LogP contribution in [0.3, 0.4) is 0 Å². The zero-order chi connectivity index (χ0) is 27.4. The molecule has 0 unspecified atom stereocenters. The number of oxazole rings is 1. The van der Waals surface area contributed by atoms with E-state index in [4.69, 9.17) is 20.8 Å². The zero-order valence-corrected chi connectivity index (χ0v) is 23.2. The summed E-state index contributed by atoms with van der Waals surface area (Å²) in [7, 11) is 0. The van der Waals surface area contributed by atoms with E-state index < -0.39 is 5.60 Å². The van der Waals surface area contributed by atoms with Crippen molar-refractivity contribution in [1.29, 1.82) is 0 Å². The van der Waals surface area contributed by atoms with Gasteiger partial charge in [0.15, 0.2) is 5.89 Å². The van der Waals surface area contributed by atoms with E-state index >= 15 is 0 Å². The second-order valence-electron chi connectivity index (χ2n) is 10.7. The van der Waals surface area contributed by atoms with Gasteiger partial charge in [-0.2, -0.15) is 0 Å². The van der Waals surface area contributed by atoms with Gasteiger partial charge in [0, 0.05) is 41.7 Å². The molecule has 2 amide bonds. The summed E-state index contributed by atoms with van der Waals surface area (Å²) in [4.78, 5) is 31.3. The number of aromatic nitrogens is 1. The molecule has 1 fully saturated rings. The maximum absolute atomic E-state index is 12.5. The van der Waals surface area contributed by atoms with Gasteiger partial charge in [-0.3, -0.25) is 4.79 Å². The number of carbonyl (C=O) groups excluding carboxylic acids is 2. The summed E-state index contributed by atoms with van der Waals surface area (Å²) in [6, 6.07) is 15.3. The molecule has 1 saturated heterocycles. The minimum Gasteiger partial charge on any atom is -0.445 e. The van der Waals surface area contributed by atoms with E-state index in [1.54, 1.807) is 11.0 Å². The fraction of sp³-hybridized carbons (Fsp3) is 0.367. The molecule has 1 aliphatic rings. The first-order valence-corrected chi connectivity index (χ1v) is 13.1. The Balaban J connectivity index is 1.33. The molecule has 0 bridgehead atoms. The Morgan fingerprint density at radius 3 is 2.63 bits per heavy atom. The van der Waals surface area contributed by atoms with Crippen molar-refractivity contribution in [3.63, 3.8) is 0 Å². The number of carbonyl (C=O) groups is 2. The summed E-state index contributed by atoms with van der Waals surface area (Å²) in [5.41, 5.74) is 3.10. The van der Waals surface area contributed by atoms with Crippen molar-refractivity contribution >= 4 is 29.7 Å². The molecule has 200 valence electrons. The van der Waals surface area contributed by atoms with Crippen LogP contribution in [0.4, 0.5) is 4.79 Å². The zero-order valence-electron chi connectivity index (χ0n) is 22.5. The quantitative estimate of drug-likeness (QED) is 0.368. The van der Waals surface area contributed by atoms with Crippen LogP contribution in [0, 0.1) is 6.92 Å². The maximum Gasteiger partial charge on any atom is 0.410 e. The maximum atomic E-state index is 12.5. The highest BCUT2D eigenvalue weighted by molar-refractivity contribution is 6.30. The van der Waals surface area contributed by atoms with Gasteiger partial charge >= 0.3 is 6.09 Å². The summed E-state index contributed by atoms with van der Waals surface area (Å²) >= 11 is 6.09. The fourth-order valence-electron chi connectivity index (χ4n) is 4.50. The van der Waals surface area contributed by atoms with Gasteiger partial charge in [0.2, 0.25) is 5.91 Å². The minimum atomic E-state index is -0.554. The van der Waals surface area contributed by atoms with Crippen molar-refractivity contribution in [2.45, 2.75) is 65.1 Å². The third-order valence-corrected chi connectivity index (χ3v) is 6.48. The largest absolute Gasteiger partial charge is 0.445 e. The van der Waals surface area contributed by atoms with E-state index in [0.717, 1.165) is 28.1 Å². The van der Waals surface area contributed by atoms with Crippen LogP contribution in [0.15, 0.2) is 59.0 Å². The SMILES string of the molecule is Cc1oc(Cc2cccc(Cl)c2)nc1-c1ccc(/C=C/C(=O)N[C@@H]2C[C@@H](C)N(C(=O)OC(C)(C)C)C2)cc1. The van der Waals surface area contributed by atoms with Gasteiger partial charge in [0.1, 0.15) is 17.1 Å². The predicted molar refractivity (Wildman–Crippen MR) is 149 cm³/mol. The summed E-state index contributed by atoms with van der Waals surface area (Å²) in [5, 5.41) is 3.68. The average molecular weight is 536 g/mol. The Hall–Kier alpha value is -3.58. The molecule has 0 radical (unpaired) electrons. The number of hydrogen-bond acceptors (Lipinski definition) is 5. The highest BCUT2D eigenvalue weighted by Gasteiger charge is 2.35. The number of benzene rings is 2. The number of halogens is 1. The van der Waals surface area contributed by atoms with Crippen molar-refractivity contribution in [3.05, 3.63) is 82.4 Å². The Morgan fingerprint density at radius 1 is 1.21 bits per heavy atom. The van der Waals surface area contributed by atoms with Crippen LogP contribution < -0.4 is 5.32 Å². The minimum absolute atomic E-state index is 0.00216. The van der Waals surface area contributed by atoms with Gasteiger partial charge in [-0.15, -0.1) is 0 Å². The Bertz CT molecular complexity index is 1320. The van der Waals surface area contributed by atoms with Crippen molar-refractivity contribution in [1.82, 2.24) is 15.2 Å². The highest BCUT2D eigenvalue weighted by Crippen LogP contribution is 2.26. The van der Waals surface area contributed by atoms with Crippen LogP contribution in [0.1, 0.15) is 56.9 Å². The first kappa shape index (κ1) is 27.5. The molecule has 7 nitrogen and oxygen atoms in total. The first-order chi connectivity index (χ1) is 18.0. The molecular weight excluding hydrogens is 502 g/mol. The van der Waals surface area contributed by atoms with Crippen molar-refractivity contribution in [3.8, 4) is 11.3 Å². The standard InChI is InChI=1S/C30H34ClN3O4/c1-19-15-25(18-34(19)29(36)38-30(3,4)5)32-26(35)14-11-21-9-12-23(13-10-21)28-20(2)37-27(33-28)17-22-7-6-8-24(31)16-22/h6-14,16,19,25H,15,17-18H2,1-5H3,(H,32,35)/b14-11+/t19-,25-/m1/s1. The molecule has 1 aliphatic heterocycles. The number of aryl methyl sites for hydroxylation is 1. The first-order valence-electron chi connectivity index (χ1n) is 12.8. The average Bonchev–Trinajstić information content (AvgIpc) is 3.38. The number of hydrogen-bond donors (Lipinski definition) is 1. The summed E-state index contributed by atoms with van der Waals surface area (Å²) in [5.74, 6) is 1.18. The second kappa shape index (κ2) is 11.4. The molecule has 1 aromatic heterocycles. The lowest BCUT2D eigenvalue weighted by Crippen LogP contribution is -2.41. The number of ether oxygens (including phenoxy) is 1. The van der Waals surface area contributed by atoms with E-state index in [-0.39, 0.29) is 24.1 Å². The van der Waals surface area contributed by atoms with Crippen molar-refractivity contribution in [2.75, 3.05) is 6.54 Å². The molecule has 0 aliphatic carbocycles. The molecule has 2 atom stereocenters. The molecule has 3 aromatic rings. The molecule has 0 saturated carbocycles. The van der Waals surface area contributed by atoms with Gasteiger partial charge in [0.25, 0.3) is 0 Å². The summed E-state index contributed by atoms with van der Waals surface area (Å²) in [6.07, 6.45) is 4.18. The number of nitrogens with zero attached hydrogens (tertiary/aromatic N) is 2. The molecule has 8 heteroatoms. The predicted octanol–water partition coefficient (Wildman–Crippen LogP) is 6.42. The van der Waals surface area contributed by atoms with Gasteiger partial charge in [-0.05, 0) is 70.4 Å². The van der Waals surface area contributed by atoms with Crippen LogP contribution >= 0.6 is 11.6 Å².